The zero-order valence-electron chi connectivity index (χ0n) is 12.9. The van der Waals surface area contributed by atoms with E-state index in [1.54, 1.807) is 14.2 Å². The second-order valence-corrected chi connectivity index (χ2v) is 5.68. The van der Waals surface area contributed by atoms with Crippen LogP contribution >= 0.6 is 0 Å². The van der Waals surface area contributed by atoms with Crippen molar-refractivity contribution in [1.82, 2.24) is 4.90 Å². The van der Waals surface area contributed by atoms with Crippen LogP contribution in [0.15, 0.2) is 30.3 Å². The minimum absolute atomic E-state index is 0.400. The van der Waals surface area contributed by atoms with Gasteiger partial charge in [-0.25, -0.2) is 0 Å². The SMILES string of the molecule is COC[C@H]1CCC[C@H](COC)N1[C@@H](C)c1ccccc1. The van der Waals surface area contributed by atoms with Gasteiger partial charge in [0.25, 0.3) is 0 Å². The highest BCUT2D eigenvalue weighted by atomic mass is 16.5. The summed E-state index contributed by atoms with van der Waals surface area (Å²) in [7, 11) is 3.59. The molecule has 112 valence electrons. The second kappa shape index (κ2) is 7.77. The molecule has 0 amide bonds. The van der Waals surface area contributed by atoms with Gasteiger partial charge < -0.3 is 9.47 Å². The highest BCUT2D eigenvalue weighted by Gasteiger charge is 2.34. The van der Waals surface area contributed by atoms with E-state index in [4.69, 9.17) is 9.47 Å². The summed E-state index contributed by atoms with van der Waals surface area (Å²) in [6.45, 7) is 3.90. The number of hydrogen-bond donors (Lipinski definition) is 0. The summed E-state index contributed by atoms with van der Waals surface area (Å²) in [4.78, 5) is 2.60. The van der Waals surface area contributed by atoms with Gasteiger partial charge in [0.2, 0.25) is 0 Å². The molecule has 3 nitrogen and oxygen atoms in total. The molecular formula is C17H27NO2. The zero-order valence-corrected chi connectivity index (χ0v) is 12.9. The van der Waals surface area contributed by atoms with Gasteiger partial charge in [-0.3, -0.25) is 4.90 Å². The number of methoxy groups -OCH3 is 2. The standard InChI is InChI=1S/C17H27NO2/c1-14(15-8-5-4-6-9-15)18-16(12-19-2)10-7-11-17(18)13-20-3/h4-6,8-9,14,16-17H,7,10-13H2,1-3H3/t14-,16+,17+/m0/s1. The minimum Gasteiger partial charge on any atom is -0.383 e. The summed E-state index contributed by atoms with van der Waals surface area (Å²) in [6, 6.07) is 12.1. The molecule has 0 aromatic heterocycles. The molecule has 3 heteroatoms. The fourth-order valence-corrected chi connectivity index (χ4v) is 3.45. The highest BCUT2D eigenvalue weighted by molar-refractivity contribution is 5.19. The molecule has 1 heterocycles. The van der Waals surface area contributed by atoms with Crippen molar-refractivity contribution in [3.63, 3.8) is 0 Å². The van der Waals surface area contributed by atoms with Crippen molar-refractivity contribution in [2.24, 2.45) is 0 Å². The molecule has 0 aliphatic carbocycles. The summed E-state index contributed by atoms with van der Waals surface area (Å²) in [5.74, 6) is 0. The topological polar surface area (TPSA) is 21.7 Å². The Labute approximate surface area is 122 Å². The molecule has 0 bridgehead atoms. The molecular weight excluding hydrogens is 250 g/mol. The van der Waals surface area contributed by atoms with Gasteiger partial charge in [0, 0.05) is 32.3 Å². The van der Waals surface area contributed by atoms with Crippen LogP contribution in [0.2, 0.25) is 0 Å². The Morgan fingerprint density at radius 3 is 2.10 bits per heavy atom. The predicted octanol–water partition coefficient (Wildman–Crippen LogP) is 3.26. The van der Waals surface area contributed by atoms with E-state index in [1.165, 1.54) is 24.8 Å². The molecule has 0 N–H and O–H groups in total. The highest BCUT2D eigenvalue weighted by Crippen LogP contribution is 2.32. The fraction of sp³-hybridized carbons (Fsp3) is 0.647. The van der Waals surface area contributed by atoms with Crippen LogP contribution in [0.25, 0.3) is 0 Å². The molecule has 1 aromatic carbocycles. The summed E-state index contributed by atoms with van der Waals surface area (Å²) in [6.07, 6.45) is 3.69. The lowest BCUT2D eigenvalue weighted by Gasteiger charge is -2.45. The summed E-state index contributed by atoms with van der Waals surface area (Å²) in [5.41, 5.74) is 1.37. The van der Waals surface area contributed by atoms with Crippen molar-refractivity contribution >= 4 is 0 Å². The lowest BCUT2D eigenvalue weighted by Crippen LogP contribution is -2.51. The van der Waals surface area contributed by atoms with Gasteiger partial charge in [0.15, 0.2) is 0 Å². The maximum atomic E-state index is 5.44. The zero-order chi connectivity index (χ0) is 14.4. The minimum atomic E-state index is 0.400. The van der Waals surface area contributed by atoms with E-state index < -0.39 is 0 Å². The van der Waals surface area contributed by atoms with Crippen molar-refractivity contribution in [3.8, 4) is 0 Å². The molecule has 1 aliphatic heterocycles. The van der Waals surface area contributed by atoms with E-state index in [1.807, 2.05) is 0 Å². The average Bonchev–Trinajstić information content (AvgIpc) is 2.48. The van der Waals surface area contributed by atoms with Crippen LogP contribution in [-0.2, 0) is 9.47 Å². The Morgan fingerprint density at radius 2 is 1.60 bits per heavy atom. The van der Waals surface area contributed by atoms with Crippen LogP contribution in [0.3, 0.4) is 0 Å². The summed E-state index contributed by atoms with van der Waals surface area (Å²) < 4.78 is 10.9. The smallest absolute Gasteiger partial charge is 0.0618 e. The molecule has 1 fully saturated rings. The van der Waals surface area contributed by atoms with Crippen LogP contribution in [0.5, 0.6) is 0 Å². The largest absolute Gasteiger partial charge is 0.383 e. The van der Waals surface area contributed by atoms with Gasteiger partial charge >= 0.3 is 0 Å². The van der Waals surface area contributed by atoms with Gasteiger partial charge in [0.05, 0.1) is 13.2 Å². The maximum Gasteiger partial charge on any atom is 0.0618 e. The number of rotatable bonds is 6. The molecule has 20 heavy (non-hydrogen) atoms. The molecule has 0 unspecified atom stereocenters. The van der Waals surface area contributed by atoms with Gasteiger partial charge in [0.1, 0.15) is 0 Å². The normalized spacial score (nSPS) is 25.6. The van der Waals surface area contributed by atoms with E-state index in [2.05, 4.69) is 42.2 Å². The van der Waals surface area contributed by atoms with Crippen LogP contribution in [-0.4, -0.2) is 44.4 Å². The Bertz CT molecular complexity index is 364. The number of benzene rings is 1. The first-order chi connectivity index (χ1) is 9.77. The number of likely N-dealkylation sites (tertiary alicyclic amines) is 1. The second-order valence-electron chi connectivity index (χ2n) is 5.68. The van der Waals surface area contributed by atoms with Crippen molar-refractivity contribution in [2.75, 3.05) is 27.4 Å². The number of piperidine rings is 1. The van der Waals surface area contributed by atoms with Crippen LogP contribution in [0.1, 0.15) is 37.8 Å². The van der Waals surface area contributed by atoms with Gasteiger partial charge in [-0.05, 0) is 25.3 Å². The number of hydrogen-bond acceptors (Lipinski definition) is 3. The van der Waals surface area contributed by atoms with Gasteiger partial charge in [-0.2, -0.15) is 0 Å². The maximum absolute atomic E-state index is 5.44. The summed E-state index contributed by atoms with van der Waals surface area (Å²) >= 11 is 0. The fourth-order valence-electron chi connectivity index (χ4n) is 3.45. The summed E-state index contributed by atoms with van der Waals surface area (Å²) in [5, 5.41) is 0. The van der Waals surface area contributed by atoms with Crippen LogP contribution in [0.4, 0.5) is 0 Å². The first-order valence-corrected chi connectivity index (χ1v) is 7.58. The third-order valence-corrected chi connectivity index (χ3v) is 4.37. The Hall–Kier alpha value is -0.900. The Kier molecular flexibility index (Phi) is 6.02. The molecule has 3 atom stereocenters. The Balaban J connectivity index is 2.19. The monoisotopic (exact) mass is 277 g/mol. The predicted molar refractivity (Wildman–Crippen MR) is 81.9 cm³/mol. The molecule has 2 rings (SSSR count). The third-order valence-electron chi connectivity index (χ3n) is 4.37. The van der Waals surface area contributed by atoms with Gasteiger partial charge in [-0.15, -0.1) is 0 Å². The quantitative estimate of drug-likeness (QED) is 0.796. The molecule has 1 saturated heterocycles. The number of nitrogens with zero attached hydrogens (tertiary/aromatic N) is 1. The van der Waals surface area contributed by atoms with Crippen molar-refractivity contribution in [2.45, 2.75) is 44.3 Å². The molecule has 1 aliphatic rings. The van der Waals surface area contributed by atoms with Crippen molar-refractivity contribution < 1.29 is 9.47 Å². The molecule has 0 spiro atoms. The Morgan fingerprint density at radius 1 is 1.05 bits per heavy atom. The van der Waals surface area contributed by atoms with Crippen molar-refractivity contribution in [3.05, 3.63) is 35.9 Å². The lowest BCUT2D eigenvalue weighted by atomic mass is 9.92. The van der Waals surface area contributed by atoms with E-state index in [0.29, 0.717) is 18.1 Å². The van der Waals surface area contributed by atoms with E-state index in [0.717, 1.165) is 13.2 Å². The van der Waals surface area contributed by atoms with Crippen molar-refractivity contribution in [1.29, 1.82) is 0 Å². The van der Waals surface area contributed by atoms with Crippen LogP contribution in [0, 0.1) is 0 Å². The van der Waals surface area contributed by atoms with Gasteiger partial charge in [-0.1, -0.05) is 36.8 Å². The number of ether oxygens (including phenoxy) is 2. The molecule has 1 aromatic rings. The molecule has 0 saturated carbocycles. The van der Waals surface area contributed by atoms with E-state index in [-0.39, 0.29) is 0 Å². The third kappa shape index (κ3) is 3.60. The first-order valence-electron chi connectivity index (χ1n) is 7.58. The molecule has 0 radical (unpaired) electrons. The van der Waals surface area contributed by atoms with Crippen LogP contribution < -0.4 is 0 Å². The van der Waals surface area contributed by atoms with E-state index >= 15 is 0 Å². The lowest BCUT2D eigenvalue weighted by molar-refractivity contribution is -0.0261. The first kappa shape index (κ1) is 15.5. The van der Waals surface area contributed by atoms with E-state index in [9.17, 15) is 0 Å². The average molecular weight is 277 g/mol.